The van der Waals surface area contributed by atoms with E-state index in [-0.39, 0.29) is 33.1 Å². The predicted molar refractivity (Wildman–Crippen MR) is 75.3 cm³/mol. The first-order valence-electron chi connectivity index (χ1n) is 4.49. The summed E-state index contributed by atoms with van der Waals surface area (Å²) in [5.41, 5.74) is 2.33. The topological polar surface area (TPSA) is 25.8 Å². The molecule has 15 heavy (non-hydrogen) atoms. The van der Waals surface area contributed by atoms with Crippen LogP contribution >= 0.6 is 18.3 Å². The van der Waals surface area contributed by atoms with E-state index in [4.69, 9.17) is 0 Å². The summed E-state index contributed by atoms with van der Waals surface area (Å²) in [7, 11) is 0. The van der Waals surface area contributed by atoms with Crippen molar-refractivity contribution in [3.63, 3.8) is 0 Å². The van der Waals surface area contributed by atoms with Crippen LogP contribution < -0.4 is 4.69 Å². The third kappa shape index (κ3) is 2.49. The number of rotatable bonds is 2. The van der Waals surface area contributed by atoms with Gasteiger partial charge in [-0.15, -0.1) is 0 Å². The van der Waals surface area contributed by atoms with Crippen molar-refractivity contribution >= 4 is 66.5 Å². The molecule has 0 amide bonds. The van der Waals surface area contributed by atoms with Crippen LogP contribution in [-0.2, 0) is 0 Å². The van der Waals surface area contributed by atoms with E-state index in [0.717, 1.165) is 10.2 Å². The first kappa shape index (κ1) is 11.7. The first-order chi connectivity index (χ1) is 7.24. The van der Waals surface area contributed by atoms with Gasteiger partial charge in [-0.2, -0.15) is 0 Å². The fourth-order valence-electron chi connectivity index (χ4n) is 1.39. The molecule has 0 spiro atoms. The summed E-state index contributed by atoms with van der Waals surface area (Å²) in [6, 6.07) is 6.38. The molecular weight excluding hydrogens is 329 g/mol. The standard InChI is InChI=1S/C9H6IN2.CH2.2Al/c1-6-2-3-7-8(4-6)11-5-12-9(7)10;;;/h2-4H,1H3;1H2;;. The number of hydrogen-bond acceptors (Lipinski definition) is 2. The van der Waals surface area contributed by atoms with Crippen molar-refractivity contribution in [1.29, 1.82) is 0 Å². The molecule has 1 aromatic heterocycles. The molecule has 2 aromatic rings. The number of aryl methyl sites for hydroxylation is 1. The molecule has 2 nitrogen and oxygen atoms in total. The third-order valence-electron chi connectivity index (χ3n) is 2.11. The molecule has 0 unspecified atom stereocenters. The number of benzene rings is 1. The summed E-state index contributed by atoms with van der Waals surface area (Å²) in [6.45, 7) is 2.09. The second-order valence-corrected chi connectivity index (χ2v) is 7.24. The number of hydrogen-bond donors (Lipinski definition) is 0. The quantitative estimate of drug-likeness (QED) is 0.463. The molecule has 1 aromatic carbocycles. The van der Waals surface area contributed by atoms with E-state index in [1.807, 2.05) is 0 Å². The molecule has 5 heteroatoms. The molecule has 0 aliphatic heterocycles. The molecule has 0 atom stereocenters. The van der Waals surface area contributed by atoms with Gasteiger partial charge in [-0.1, -0.05) is 0 Å². The van der Waals surface area contributed by atoms with Gasteiger partial charge < -0.3 is 0 Å². The number of fused-ring (bicyclic) bond motifs is 1. The zero-order valence-electron chi connectivity index (χ0n) is 8.37. The summed E-state index contributed by atoms with van der Waals surface area (Å²) >= 11 is 2.72. The number of nitrogens with zero attached hydrogens (tertiary/aromatic N) is 2. The molecular formula is C10H8Al2IN2. The van der Waals surface area contributed by atoms with Gasteiger partial charge in [-0.25, -0.2) is 0 Å². The fraction of sp³-hybridized carbons (Fsp3) is 0.100. The van der Waals surface area contributed by atoms with Crippen LogP contribution in [0.15, 0.2) is 18.2 Å². The van der Waals surface area contributed by atoms with E-state index in [2.05, 4.69) is 52.9 Å². The number of halogens is 1. The molecule has 1 radical (unpaired) electrons. The van der Waals surface area contributed by atoms with E-state index in [9.17, 15) is 0 Å². The van der Waals surface area contributed by atoms with Crippen molar-refractivity contribution in [2.75, 3.05) is 0 Å². The van der Waals surface area contributed by atoms with Gasteiger partial charge in [0.1, 0.15) is 0 Å². The maximum atomic E-state index is 4.56. The van der Waals surface area contributed by atoms with Gasteiger partial charge in [-0.05, 0) is 0 Å². The van der Waals surface area contributed by atoms with E-state index in [0.29, 0.717) is 0 Å². The van der Waals surface area contributed by atoms with Crippen LogP contribution in [0.3, 0.4) is 0 Å². The average molecular weight is 337 g/mol. The van der Waals surface area contributed by atoms with Gasteiger partial charge >= 0.3 is 111 Å². The van der Waals surface area contributed by atoms with Crippen LogP contribution in [0.1, 0.15) is 5.56 Å². The van der Waals surface area contributed by atoms with Crippen LogP contribution in [0.25, 0.3) is 10.9 Å². The number of aromatic nitrogens is 2. The Bertz CT molecular complexity index is 554. The Hall–Kier alpha value is 0.225. The zero-order chi connectivity index (χ0) is 10.8. The molecule has 0 saturated heterocycles. The Kier molecular flexibility index (Phi) is 3.93. The van der Waals surface area contributed by atoms with Gasteiger partial charge in [0.25, 0.3) is 0 Å². The van der Waals surface area contributed by atoms with Crippen LogP contribution in [0.4, 0.5) is 0 Å². The normalized spacial score (nSPS) is 10.1. The van der Waals surface area contributed by atoms with Crippen molar-refractivity contribution in [2.45, 2.75) is 6.92 Å². The molecule has 1 heterocycles. The van der Waals surface area contributed by atoms with E-state index < -0.39 is 0 Å². The van der Waals surface area contributed by atoms with Gasteiger partial charge in [-0.3, -0.25) is 0 Å². The fourth-order valence-corrected chi connectivity index (χ4v) is 4.40. The molecule has 0 aliphatic carbocycles. The average Bonchev–Trinajstić information content (AvgIpc) is 2.26. The molecule has 0 N–H and O–H groups in total. The first-order valence-corrected chi connectivity index (χ1v) is 11.1. The van der Waals surface area contributed by atoms with Gasteiger partial charge in [0.15, 0.2) is 0 Å². The molecule has 0 aliphatic rings. The molecule has 71 valence electrons. The summed E-state index contributed by atoms with van der Waals surface area (Å²) < 4.78 is 2.15. The van der Waals surface area contributed by atoms with E-state index in [1.165, 1.54) is 14.7 Å². The van der Waals surface area contributed by atoms with Crippen LogP contribution in [0.2, 0.25) is 0 Å². The Labute approximate surface area is 110 Å². The summed E-state index contributed by atoms with van der Waals surface area (Å²) in [4.78, 5) is 9.09. The Morgan fingerprint density at radius 3 is 2.87 bits per heavy atom. The second-order valence-electron chi connectivity index (χ2n) is 3.21. The van der Waals surface area contributed by atoms with E-state index >= 15 is 0 Å². The van der Waals surface area contributed by atoms with Crippen molar-refractivity contribution in [3.05, 3.63) is 27.5 Å². The van der Waals surface area contributed by atoms with E-state index in [1.54, 1.807) is 0 Å². The van der Waals surface area contributed by atoms with Crippen molar-refractivity contribution in [1.82, 2.24) is 9.97 Å². The summed E-state index contributed by atoms with van der Waals surface area (Å²) in [6.07, 6.45) is 0. The Balaban J connectivity index is 2.86. The van der Waals surface area contributed by atoms with Gasteiger partial charge in [0, 0.05) is 0 Å². The minimum atomic E-state index is -0.0745. The minimum absolute atomic E-state index is 0.0391. The van der Waals surface area contributed by atoms with Crippen molar-refractivity contribution < 1.29 is 0 Å². The SMILES string of the molecule is [CH2]=[Al][c]1nc([I]=[Al])c2ccc(C)cc2n1. The molecule has 2 rings (SSSR count). The summed E-state index contributed by atoms with van der Waals surface area (Å²) in [5.74, 6) is 0. The van der Waals surface area contributed by atoms with Gasteiger partial charge in [0.05, 0.1) is 0 Å². The molecule has 0 fully saturated rings. The van der Waals surface area contributed by atoms with Gasteiger partial charge in [0.2, 0.25) is 0 Å². The monoisotopic (exact) mass is 337 g/mol. The molecule has 0 bridgehead atoms. The Morgan fingerprint density at radius 1 is 1.40 bits per heavy atom. The second kappa shape index (κ2) is 5.04. The van der Waals surface area contributed by atoms with Crippen LogP contribution in [0.5, 0.6) is 0 Å². The van der Waals surface area contributed by atoms with Crippen LogP contribution in [0, 0.1) is 10.6 Å². The van der Waals surface area contributed by atoms with Crippen molar-refractivity contribution in [3.8, 4) is 0 Å². The maximum absolute atomic E-state index is 4.56. The van der Waals surface area contributed by atoms with Crippen LogP contribution in [-0.4, -0.2) is 42.6 Å². The third-order valence-corrected chi connectivity index (χ3v) is 5.53. The van der Waals surface area contributed by atoms with Crippen molar-refractivity contribution in [2.24, 2.45) is 0 Å². The summed E-state index contributed by atoms with van der Waals surface area (Å²) in [5, 5.41) is 5.13. The zero-order valence-corrected chi connectivity index (χ0v) is 12.8. The Morgan fingerprint density at radius 2 is 2.20 bits per heavy atom. The predicted octanol–water partition coefficient (Wildman–Crippen LogP) is 0.924. The molecule has 0 saturated carbocycles.